The van der Waals surface area contributed by atoms with Crippen molar-refractivity contribution in [3.8, 4) is 11.7 Å². The fourth-order valence-electron chi connectivity index (χ4n) is 3.71. The number of fused-ring (bicyclic) bond motifs is 1. The van der Waals surface area contributed by atoms with Gasteiger partial charge >= 0.3 is 0 Å². The van der Waals surface area contributed by atoms with Gasteiger partial charge in [0.2, 0.25) is 5.91 Å². The number of carbonyl (C=O) groups is 1. The molecular formula is C23H27N5O2S. The van der Waals surface area contributed by atoms with Gasteiger partial charge < -0.3 is 10.1 Å². The number of hydrogen-bond acceptors (Lipinski definition) is 6. The number of rotatable bonds is 4. The first-order chi connectivity index (χ1) is 14.7. The first-order valence-electron chi connectivity index (χ1n) is 10.4. The molecule has 2 aromatic heterocycles. The fourth-order valence-corrected chi connectivity index (χ4v) is 5.03. The van der Waals surface area contributed by atoms with Gasteiger partial charge in [0, 0.05) is 17.0 Å². The van der Waals surface area contributed by atoms with Crippen LogP contribution in [0.2, 0.25) is 0 Å². The summed E-state index contributed by atoms with van der Waals surface area (Å²) >= 11 is 1.61. The lowest BCUT2D eigenvalue weighted by atomic mass is 10.0. The first kappa shape index (κ1) is 21.4. The molecule has 0 saturated carbocycles. The highest BCUT2D eigenvalue weighted by Crippen LogP contribution is 2.46. The second-order valence-electron chi connectivity index (χ2n) is 8.09. The first-order valence-corrected chi connectivity index (χ1v) is 11.3. The Morgan fingerprint density at radius 1 is 1.10 bits per heavy atom. The number of amides is 1. The van der Waals surface area contributed by atoms with Gasteiger partial charge in [0.15, 0.2) is 0 Å². The van der Waals surface area contributed by atoms with Gasteiger partial charge in [-0.1, -0.05) is 12.1 Å². The topological polar surface area (TPSA) is 81.9 Å². The van der Waals surface area contributed by atoms with E-state index >= 15 is 0 Å². The minimum atomic E-state index is -0.225. The van der Waals surface area contributed by atoms with Crippen molar-refractivity contribution in [1.29, 1.82) is 0 Å². The summed E-state index contributed by atoms with van der Waals surface area (Å²) in [6.07, 6.45) is 0.116. The van der Waals surface area contributed by atoms with Crippen LogP contribution >= 0.6 is 11.8 Å². The van der Waals surface area contributed by atoms with Crippen molar-refractivity contribution in [3.63, 3.8) is 0 Å². The number of anilines is 1. The van der Waals surface area contributed by atoms with E-state index in [1.165, 1.54) is 0 Å². The Morgan fingerprint density at radius 2 is 1.74 bits per heavy atom. The molecule has 4 rings (SSSR count). The molecule has 162 valence electrons. The molecule has 1 amide bonds. The van der Waals surface area contributed by atoms with E-state index in [9.17, 15) is 4.79 Å². The third-order valence-electron chi connectivity index (χ3n) is 5.03. The zero-order chi connectivity index (χ0) is 22.3. The highest BCUT2D eigenvalue weighted by atomic mass is 32.2. The van der Waals surface area contributed by atoms with Gasteiger partial charge in [0.05, 0.1) is 22.3 Å². The fraction of sp³-hybridized carbons (Fsp3) is 0.391. The summed E-state index contributed by atoms with van der Waals surface area (Å²) in [5.41, 5.74) is 4.61. The number of aromatic nitrogens is 4. The van der Waals surface area contributed by atoms with E-state index in [1.807, 2.05) is 59.7 Å². The molecule has 1 aromatic carbocycles. The van der Waals surface area contributed by atoms with Crippen molar-refractivity contribution in [3.05, 3.63) is 58.5 Å². The smallest absolute Gasteiger partial charge is 0.252 e. The maximum Gasteiger partial charge on any atom is 0.252 e. The minimum Gasteiger partial charge on any atom is -0.491 e. The summed E-state index contributed by atoms with van der Waals surface area (Å²) in [4.78, 5) is 21.9. The largest absolute Gasteiger partial charge is 0.491 e. The van der Waals surface area contributed by atoms with Crippen LogP contribution in [-0.4, -0.2) is 37.0 Å². The number of benzene rings is 1. The van der Waals surface area contributed by atoms with Gasteiger partial charge in [0.1, 0.15) is 11.6 Å². The zero-order valence-corrected chi connectivity index (χ0v) is 19.4. The van der Waals surface area contributed by atoms with Crippen molar-refractivity contribution < 1.29 is 9.53 Å². The highest BCUT2D eigenvalue weighted by molar-refractivity contribution is 8.01. The van der Waals surface area contributed by atoms with Gasteiger partial charge in [-0.15, -0.1) is 11.8 Å². The number of ether oxygens (including phenoxy) is 1. The lowest BCUT2D eigenvalue weighted by Crippen LogP contribution is -2.23. The average molecular weight is 438 g/mol. The molecule has 1 N–H and O–H groups in total. The molecule has 0 bridgehead atoms. The van der Waals surface area contributed by atoms with Gasteiger partial charge in [0.25, 0.3) is 5.95 Å². The molecule has 8 heteroatoms. The summed E-state index contributed by atoms with van der Waals surface area (Å²) in [7, 11) is 0. The van der Waals surface area contributed by atoms with Crippen LogP contribution in [0, 0.1) is 20.8 Å². The molecule has 0 radical (unpaired) electrons. The zero-order valence-electron chi connectivity index (χ0n) is 18.6. The lowest BCUT2D eigenvalue weighted by Gasteiger charge is -2.18. The van der Waals surface area contributed by atoms with Crippen LogP contribution in [0.25, 0.3) is 5.95 Å². The van der Waals surface area contributed by atoms with Gasteiger partial charge in [-0.05, 0) is 65.3 Å². The van der Waals surface area contributed by atoms with Crippen molar-refractivity contribution in [2.75, 3.05) is 5.32 Å². The summed E-state index contributed by atoms with van der Waals surface area (Å²) in [5, 5.41) is 7.51. The van der Waals surface area contributed by atoms with E-state index in [4.69, 9.17) is 9.84 Å². The Labute approximate surface area is 186 Å². The van der Waals surface area contributed by atoms with Crippen molar-refractivity contribution in [2.24, 2.45) is 0 Å². The molecule has 3 heterocycles. The molecule has 0 fully saturated rings. The number of carbonyl (C=O) groups excluding carboxylic acids is 1. The Bertz CT molecular complexity index is 1100. The van der Waals surface area contributed by atoms with Crippen LogP contribution in [0.15, 0.2) is 30.3 Å². The summed E-state index contributed by atoms with van der Waals surface area (Å²) in [5.74, 6) is 1.87. The average Bonchev–Trinajstić information content (AvgIpc) is 2.94. The summed E-state index contributed by atoms with van der Waals surface area (Å²) in [6.45, 7) is 11.8. The molecule has 0 saturated heterocycles. The van der Waals surface area contributed by atoms with Crippen LogP contribution in [-0.2, 0) is 4.79 Å². The Kier molecular flexibility index (Phi) is 5.75. The Balaban J connectivity index is 1.83. The maximum absolute atomic E-state index is 12.8. The van der Waals surface area contributed by atoms with Crippen LogP contribution in [0.5, 0.6) is 5.75 Å². The minimum absolute atomic E-state index is 0.0564. The molecule has 2 unspecified atom stereocenters. The molecule has 0 spiro atoms. The molecule has 2 atom stereocenters. The van der Waals surface area contributed by atoms with Crippen LogP contribution in [0.1, 0.15) is 54.2 Å². The summed E-state index contributed by atoms with van der Waals surface area (Å²) < 4.78 is 7.45. The molecule has 7 nitrogen and oxygen atoms in total. The van der Waals surface area contributed by atoms with Crippen molar-refractivity contribution >= 4 is 23.5 Å². The number of nitrogens with one attached hydrogen (secondary N) is 1. The number of nitrogens with zero attached hydrogens (tertiary/aromatic N) is 4. The van der Waals surface area contributed by atoms with Crippen LogP contribution in [0.4, 0.5) is 5.82 Å². The third-order valence-corrected chi connectivity index (χ3v) is 6.44. The third kappa shape index (κ3) is 4.30. The van der Waals surface area contributed by atoms with Crippen molar-refractivity contribution in [2.45, 2.75) is 58.1 Å². The Morgan fingerprint density at radius 3 is 2.35 bits per heavy atom. The highest BCUT2D eigenvalue weighted by Gasteiger charge is 2.34. The Hall–Kier alpha value is -2.87. The maximum atomic E-state index is 12.8. The predicted octanol–water partition coefficient (Wildman–Crippen LogP) is 4.54. The molecule has 1 aliphatic rings. The van der Waals surface area contributed by atoms with Gasteiger partial charge in [-0.2, -0.15) is 9.78 Å². The standard InChI is InChI=1S/C23H27N5O2S/c1-12(2)30-18-9-7-17(8-10-18)20-19-15(5)27-28(21(19)26-22(29)16(6)31-20)23-24-13(3)11-14(4)25-23/h7-12,16,20H,1-6H3,(H,26,29). The molecular weight excluding hydrogens is 410 g/mol. The predicted molar refractivity (Wildman–Crippen MR) is 123 cm³/mol. The van der Waals surface area contributed by atoms with E-state index < -0.39 is 0 Å². The van der Waals surface area contributed by atoms with E-state index in [0.29, 0.717) is 11.8 Å². The number of hydrogen-bond donors (Lipinski definition) is 1. The number of thioether (sulfide) groups is 1. The van der Waals surface area contributed by atoms with Gasteiger partial charge in [-0.25, -0.2) is 9.97 Å². The molecule has 31 heavy (non-hydrogen) atoms. The molecule has 3 aromatic rings. The van der Waals surface area contributed by atoms with E-state index in [-0.39, 0.29) is 22.5 Å². The van der Waals surface area contributed by atoms with Gasteiger partial charge in [-0.3, -0.25) is 4.79 Å². The second kappa shape index (κ2) is 8.34. The second-order valence-corrected chi connectivity index (χ2v) is 9.54. The monoisotopic (exact) mass is 437 g/mol. The van der Waals surface area contributed by atoms with E-state index in [2.05, 4.69) is 27.4 Å². The van der Waals surface area contributed by atoms with Crippen molar-refractivity contribution in [1.82, 2.24) is 19.7 Å². The quantitative estimate of drug-likeness (QED) is 0.645. The van der Waals surface area contributed by atoms with E-state index in [0.717, 1.165) is 34.0 Å². The van der Waals surface area contributed by atoms with Crippen LogP contribution in [0.3, 0.4) is 0 Å². The lowest BCUT2D eigenvalue weighted by molar-refractivity contribution is -0.115. The molecule has 0 aliphatic carbocycles. The van der Waals surface area contributed by atoms with E-state index in [1.54, 1.807) is 16.4 Å². The normalized spacial score (nSPS) is 18.5. The SMILES string of the molecule is Cc1cc(C)nc(-n2nc(C)c3c2NC(=O)C(C)SC3c2ccc(OC(C)C)cc2)n1. The molecule has 1 aliphatic heterocycles. The van der Waals surface area contributed by atoms with Crippen LogP contribution < -0.4 is 10.1 Å². The number of aryl methyl sites for hydroxylation is 3. The summed E-state index contributed by atoms with van der Waals surface area (Å²) in [6, 6.07) is 10.00.